The van der Waals surface area contributed by atoms with Gasteiger partial charge in [0.15, 0.2) is 11.9 Å². The summed E-state index contributed by atoms with van der Waals surface area (Å²) in [4.78, 5) is 39.9. The molecule has 1 amide bonds. The molecule has 1 fully saturated rings. The average molecular weight is 479 g/mol. The van der Waals surface area contributed by atoms with Crippen LogP contribution in [-0.4, -0.2) is 63.1 Å². The second-order valence-corrected chi connectivity index (χ2v) is 6.60. The number of carbonyl (C=O) groups is 3. The van der Waals surface area contributed by atoms with Crippen molar-refractivity contribution in [2.24, 2.45) is 0 Å². The summed E-state index contributed by atoms with van der Waals surface area (Å²) in [5, 5.41) is 13.5. The van der Waals surface area contributed by atoms with Gasteiger partial charge in [-0.25, -0.2) is 9.48 Å². The molecule has 0 radical (unpaired) electrons. The molecule has 0 bridgehead atoms. The van der Waals surface area contributed by atoms with Gasteiger partial charge in [-0.2, -0.15) is 13.2 Å². The lowest BCUT2D eigenvalue weighted by Gasteiger charge is -2.33. The summed E-state index contributed by atoms with van der Waals surface area (Å²) in [6.45, 7) is 2.52. The molecule has 2 atom stereocenters. The monoisotopic (exact) mass is 478 g/mol. The van der Waals surface area contributed by atoms with Gasteiger partial charge in [0.25, 0.3) is 5.91 Å². The Kier molecular flexibility index (Phi) is 7.46. The number of rotatable bonds is 5. The van der Waals surface area contributed by atoms with Gasteiger partial charge in [-0.15, -0.1) is 17.5 Å². The fraction of sp³-hybridized carbons (Fsp3) is 0.389. The van der Waals surface area contributed by atoms with Gasteiger partial charge in [0, 0.05) is 24.9 Å². The summed E-state index contributed by atoms with van der Waals surface area (Å²) < 4.78 is 50.0. The smallest absolute Gasteiger partial charge is 0.433 e. The minimum absolute atomic E-state index is 0. The van der Waals surface area contributed by atoms with E-state index in [0.29, 0.717) is 5.69 Å². The number of anilines is 1. The van der Waals surface area contributed by atoms with Crippen molar-refractivity contribution in [3.63, 3.8) is 0 Å². The van der Waals surface area contributed by atoms with Crippen molar-refractivity contribution in [1.29, 1.82) is 0 Å². The van der Waals surface area contributed by atoms with Crippen LogP contribution in [0.5, 0.6) is 0 Å². The highest BCUT2D eigenvalue weighted by atomic mass is 35.5. The Morgan fingerprint density at radius 3 is 2.62 bits per heavy atom. The first-order chi connectivity index (χ1) is 14.5. The van der Waals surface area contributed by atoms with Crippen LogP contribution in [-0.2, 0) is 30.0 Å². The Bertz CT molecular complexity index is 1030. The van der Waals surface area contributed by atoms with E-state index in [-0.39, 0.29) is 37.1 Å². The van der Waals surface area contributed by atoms with Gasteiger partial charge in [-0.3, -0.25) is 19.5 Å². The molecule has 1 saturated heterocycles. The summed E-state index contributed by atoms with van der Waals surface area (Å²) in [6, 6.07) is 3.59. The molecular formula is C18H18ClF3N4O6. The number of carboxylic acids is 1. The standard InChI is InChI=1S/C18H17F3N4O6.ClH/c1-9-7-13(23-25(9)11-3-4-22-12(8-11)18(19,20)21)24-5-6-30-14(16(24)27)15(17(28)29)31-10(2)26;/h3-4,7-8,14-15H,5-6H2,1-2H3,(H,28,29);1H/t14?,15-;/m1./s1. The van der Waals surface area contributed by atoms with Crippen LogP contribution in [0, 0.1) is 6.92 Å². The maximum absolute atomic E-state index is 13.0. The minimum Gasteiger partial charge on any atom is -0.478 e. The highest BCUT2D eigenvalue weighted by molar-refractivity contribution is 6.00. The van der Waals surface area contributed by atoms with Crippen molar-refractivity contribution in [3.05, 3.63) is 35.8 Å². The number of carboxylic acid groups (broad SMARTS) is 1. The Morgan fingerprint density at radius 2 is 2.03 bits per heavy atom. The molecule has 14 heteroatoms. The van der Waals surface area contributed by atoms with E-state index in [2.05, 4.69) is 10.1 Å². The van der Waals surface area contributed by atoms with E-state index in [1.165, 1.54) is 16.8 Å². The van der Waals surface area contributed by atoms with Crippen LogP contribution >= 0.6 is 12.4 Å². The molecule has 3 heterocycles. The highest BCUT2D eigenvalue weighted by Crippen LogP contribution is 2.29. The van der Waals surface area contributed by atoms with Crippen LogP contribution in [0.1, 0.15) is 18.3 Å². The molecule has 174 valence electrons. The lowest BCUT2D eigenvalue weighted by molar-refractivity contribution is -0.177. The Balaban J connectivity index is 0.00000363. The van der Waals surface area contributed by atoms with Gasteiger partial charge in [-0.05, 0) is 19.1 Å². The molecule has 32 heavy (non-hydrogen) atoms. The third kappa shape index (κ3) is 5.16. The number of aliphatic carboxylic acids is 1. The highest BCUT2D eigenvalue weighted by Gasteiger charge is 2.43. The summed E-state index contributed by atoms with van der Waals surface area (Å²) in [5.41, 5.74) is -0.610. The molecule has 1 N–H and O–H groups in total. The molecule has 0 aliphatic carbocycles. The second kappa shape index (κ2) is 9.53. The number of hydrogen-bond donors (Lipinski definition) is 1. The summed E-state index contributed by atoms with van der Waals surface area (Å²) in [7, 11) is 0. The quantitative estimate of drug-likeness (QED) is 0.645. The van der Waals surface area contributed by atoms with Crippen molar-refractivity contribution >= 4 is 36.1 Å². The van der Waals surface area contributed by atoms with Crippen LogP contribution < -0.4 is 4.90 Å². The van der Waals surface area contributed by atoms with Gasteiger partial charge in [0.1, 0.15) is 5.69 Å². The molecule has 1 aliphatic heterocycles. The third-order valence-corrected chi connectivity index (χ3v) is 4.36. The number of aryl methyl sites for hydroxylation is 1. The van der Waals surface area contributed by atoms with Gasteiger partial charge >= 0.3 is 18.1 Å². The largest absolute Gasteiger partial charge is 0.478 e. The van der Waals surface area contributed by atoms with E-state index in [1.54, 1.807) is 6.92 Å². The second-order valence-electron chi connectivity index (χ2n) is 6.60. The SMILES string of the molecule is CC(=O)O[C@@H](C(=O)O)C1OCCN(c2cc(C)n(-c3ccnc(C(F)(F)F)c3)n2)C1=O.Cl. The van der Waals surface area contributed by atoms with E-state index in [0.717, 1.165) is 24.1 Å². The minimum atomic E-state index is -4.64. The molecule has 0 aromatic carbocycles. The van der Waals surface area contributed by atoms with Crippen LogP contribution in [0.3, 0.4) is 0 Å². The number of aromatic nitrogens is 3. The predicted octanol–water partition coefficient (Wildman–Crippen LogP) is 1.76. The van der Waals surface area contributed by atoms with E-state index in [4.69, 9.17) is 9.47 Å². The Morgan fingerprint density at radius 1 is 1.34 bits per heavy atom. The number of carbonyl (C=O) groups excluding carboxylic acids is 2. The zero-order chi connectivity index (χ0) is 22.9. The first kappa shape index (κ1) is 25.1. The van der Waals surface area contributed by atoms with Gasteiger partial charge in [0.2, 0.25) is 6.10 Å². The molecule has 1 unspecified atom stereocenters. The average Bonchev–Trinajstić information content (AvgIpc) is 3.07. The van der Waals surface area contributed by atoms with Crippen LogP contribution in [0.2, 0.25) is 0 Å². The van der Waals surface area contributed by atoms with Crippen LogP contribution in [0.4, 0.5) is 19.0 Å². The molecule has 10 nitrogen and oxygen atoms in total. The summed E-state index contributed by atoms with van der Waals surface area (Å²) in [6.07, 6.45) is -7.11. The number of pyridine rings is 1. The number of morpholine rings is 1. The van der Waals surface area contributed by atoms with E-state index < -0.39 is 41.9 Å². The zero-order valence-corrected chi connectivity index (χ0v) is 17.5. The zero-order valence-electron chi connectivity index (χ0n) is 16.7. The van der Waals surface area contributed by atoms with Gasteiger partial charge in [0.05, 0.1) is 18.8 Å². The summed E-state index contributed by atoms with van der Waals surface area (Å²) in [5.74, 6) is -3.20. The number of esters is 1. The number of amides is 1. The maximum Gasteiger partial charge on any atom is 0.433 e. The van der Waals surface area contributed by atoms with Crippen molar-refractivity contribution in [1.82, 2.24) is 14.8 Å². The first-order valence-electron chi connectivity index (χ1n) is 8.92. The Labute approximate surface area is 185 Å². The fourth-order valence-corrected chi connectivity index (χ4v) is 3.03. The third-order valence-electron chi connectivity index (χ3n) is 4.36. The number of alkyl halides is 3. The van der Waals surface area contributed by atoms with Crippen LogP contribution in [0.15, 0.2) is 24.4 Å². The number of nitrogens with zero attached hydrogens (tertiary/aromatic N) is 4. The molecule has 0 spiro atoms. The van der Waals surface area contributed by atoms with Gasteiger partial charge < -0.3 is 14.6 Å². The fourth-order valence-electron chi connectivity index (χ4n) is 3.03. The normalized spacial score (nSPS) is 17.5. The molecule has 1 aliphatic rings. The van der Waals surface area contributed by atoms with Gasteiger partial charge in [-0.1, -0.05) is 0 Å². The first-order valence-corrected chi connectivity index (χ1v) is 8.92. The Hall–Kier alpha value is -3.19. The molecular weight excluding hydrogens is 461 g/mol. The number of ether oxygens (including phenoxy) is 2. The number of hydrogen-bond acceptors (Lipinski definition) is 7. The molecule has 3 rings (SSSR count). The lowest BCUT2D eigenvalue weighted by Crippen LogP contribution is -2.55. The lowest BCUT2D eigenvalue weighted by atomic mass is 10.1. The van der Waals surface area contributed by atoms with E-state index in [1.807, 2.05) is 0 Å². The van der Waals surface area contributed by atoms with Crippen molar-refractivity contribution in [2.75, 3.05) is 18.1 Å². The molecule has 2 aromatic heterocycles. The van der Waals surface area contributed by atoms with E-state index >= 15 is 0 Å². The van der Waals surface area contributed by atoms with Crippen LogP contribution in [0.25, 0.3) is 5.69 Å². The summed E-state index contributed by atoms with van der Waals surface area (Å²) >= 11 is 0. The molecule has 0 saturated carbocycles. The molecule has 2 aromatic rings. The van der Waals surface area contributed by atoms with Crippen molar-refractivity contribution in [3.8, 4) is 5.69 Å². The van der Waals surface area contributed by atoms with E-state index in [9.17, 15) is 32.7 Å². The van der Waals surface area contributed by atoms with Crippen molar-refractivity contribution < 1.29 is 42.1 Å². The van der Waals surface area contributed by atoms with Crippen molar-refractivity contribution in [2.45, 2.75) is 32.2 Å². The number of halogens is 4. The maximum atomic E-state index is 13.0. The predicted molar refractivity (Wildman–Crippen MR) is 104 cm³/mol. The topological polar surface area (TPSA) is 124 Å².